The number of nitro benzene ring substituents is 1. The van der Waals surface area contributed by atoms with Crippen molar-refractivity contribution in [2.75, 3.05) is 5.32 Å². The molecular weight excluding hydrogens is 232 g/mol. The summed E-state index contributed by atoms with van der Waals surface area (Å²) in [7, 11) is 1.85. The molecule has 18 heavy (non-hydrogen) atoms. The molecule has 0 aliphatic rings. The van der Waals surface area contributed by atoms with Gasteiger partial charge in [-0.2, -0.15) is 5.10 Å². The highest BCUT2D eigenvalue weighted by Crippen LogP contribution is 2.23. The number of aromatic nitrogens is 2. The summed E-state index contributed by atoms with van der Waals surface area (Å²) in [6.45, 7) is 2.43. The lowest BCUT2D eigenvalue weighted by Gasteiger charge is -2.05. The minimum Gasteiger partial charge on any atom is -0.375 e. The molecular formula is C12H14N4O2. The van der Waals surface area contributed by atoms with E-state index >= 15 is 0 Å². The van der Waals surface area contributed by atoms with Crippen molar-refractivity contribution in [2.45, 2.75) is 13.5 Å². The van der Waals surface area contributed by atoms with Gasteiger partial charge in [0.1, 0.15) is 5.69 Å². The number of nitrogens with zero attached hydrogens (tertiary/aromatic N) is 3. The van der Waals surface area contributed by atoms with E-state index in [1.54, 1.807) is 22.9 Å². The molecule has 0 aliphatic heterocycles. The monoisotopic (exact) mass is 246 g/mol. The van der Waals surface area contributed by atoms with Gasteiger partial charge in [0, 0.05) is 31.4 Å². The van der Waals surface area contributed by atoms with Crippen LogP contribution in [0.2, 0.25) is 0 Å². The molecule has 1 aromatic carbocycles. The number of nitro groups is 1. The highest BCUT2D eigenvalue weighted by atomic mass is 16.6. The summed E-state index contributed by atoms with van der Waals surface area (Å²) in [6, 6.07) is 6.60. The molecule has 0 bridgehead atoms. The van der Waals surface area contributed by atoms with E-state index in [0.717, 1.165) is 11.3 Å². The van der Waals surface area contributed by atoms with Crippen molar-refractivity contribution in [3.63, 3.8) is 0 Å². The van der Waals surface area contributed by atoms with Crippen molar-refractivity contribution < 1.29 is 4.92 Å². The van der Waals surface area contributed by atoms with Gasteiger partial charge in [-0.25, -0.2) is 0 Å². The minimum atomic E-state index is -0.390. The third-order valence-corrected chi connectivity index (χ3v) is 2.69. The zero-order valence-corrected chi connectivity index (χ0v) is 10.3. The Morgan fingerprint density at radius 1 is 1.44 bits per heavy atom. The molecule has 0 saturated carbocycles. The van der Waals surface area contributed by atoms with Gasteiger partial charge in [-0.15, -0.1) is 0 Å². The number of nitrogens with one attached hydrogen (secondary N) is 1. The maximum atomic E-state index is 10.9. The van der Waals surface area contributed by atoms with E-state index in [4.69, 9.17) is 0 Å². The second-order valence-corrected chi connectivity index (χ2v) is 4.04. The molecule has 0 saturated heterocycles. The van der Waals surface area contributed by atoms with Crippen LogP contribution in [-0.2, 0) is 13.6 Å². The molecule has 1 heterocycles. The zero-order valence-electron chi connectivity index (χ0n) is 10.3. The Kier molecular flexibility index (Phi) is 3.27. The number of benzene rings is 1. The van der Waals surface area contributed by atoms with Gasteiger partial charge in [-0.1, -0.05) is 12.1 Å². The molecule has 0 unspecified atom stereocenters. The molecule has 0 radical (unpaired) electrons. The fourth-order valence-electron chi connectivity index (χ4n) is 1.79. The van der Waals surface area contributed by atoms with Gasteiger partial charge in [0.25, 0.3) is 5.69 Å². The van der Waals surface area contributed by atoms with Crippen LogP contribution < -0.4 is 5.32 Å². The SMILES string of the molecule is Cc1nn(C)cc1CNc1ccccc1[N+](=O)[O-]. The molecule has 1 N–H and O–H groups in total. The van der Waals surface area contributed by atoms with Crippen LogP contribution in [0, 0.1) is 17.0 Å². The molecule has 6 heteroatoms. The van der Waals surface area contributed by atoms with Crippen molar-refractivity contribution in [1.82, 2.24) is 9.78 Å². The van der Waals surface area contributed by atoms with Crippen molar-refractivity contribution in [3.8, 4) is 0 Å². The van der Waals surface area contributed by atoms with Gasteiger partial charge in [-0.3, -0.25) is 14.8 Å². The predicted octanol–water partition coefficient (Wildman–Crippen LogP) is 2.25. The zero-order chi connectivity index (χ0) is 13.1. The third-order valence-electron chi connectivity index (χ3n) is 2.69. The summed E-state index contributed by atoms with van der Waals surface area (Å²) in [5.41, 5.74) is 2.55. The third kappa shape index (κ3) is 2.48. The summed E-state index contributed by atoms with van der Waals surface area (Å²) in [6.07, 6.45) is 1.90. The van der Waals surface area contributed by atoms with Crippen molar-refractivity contribution in [2.24, 2.45) is 7.05 Å². The normalized spacial score (nSPS) is 10.3. The van der Waals surface area contributed by atoms with Crippen LogP contribution in [0.25, 0.3) is 0 Å². The fourth-order valence-corrected chi connectivity index (χ4v) is 1.79. The number of anilines is 1. The van der Waals surface area contributed by atoms with Gasteiger partial charge in [0.05, 0.1) is 10.6 Å². The van der Waals surface area contributed by atoms with E-state index in [-0.39, 0.29) is 5.69 Å². The average Bonchev–Trinajstić information content (AvgIpc) is 2.65. The summed E-state index contributed by atoms with van der Waals surface area (Å²) >= 11 is 0. The lowest BCUT2D eigenvalue weighted by Crippen LogP contribution is -2.02. The average molecular weight is 246 g/mol. The van der Waals surface area contributed by atoms with E-state index in [1.165, 1.54) is 6.07 Å². The van der Waals surface area contributed by atoms with Gasteiger partial charge in [0.15, 0.2) is 0 Å². The molecule has 0 spiro atoms. The number of rotatable bonds is 4. The van der Waals surface area contributed by atoms with Crippen molar-refractivity contribution in [1.29, 1.82) is 0 Å². The van der Waals surface area contributed by atoms with E-state index in [9.17, 15) is 10.1 Å². The number of aryl methyl sites for hydroxylation is 2. The van der Waals surface area contributed by atoms with E-state index in [1.807, 2.05) is 20.2 Å². The Morgan fingerprint density at radius 2 is 2.17 bits per heavy atom. The molecule has 0 fully saturated rings. The minimum absolute atomic E-state index is 0.0824. The van der Waals surface area contributed by atoms with Crippen LogP contribution >= 0.6 is 0 Å². The Hall–Kier alpha value is -2.37. The molecule has 1 aromatic heterocycles. The van der Waals surface area contributed by atoms with Gasteiger partial charge < -0.3 is 5.32 Å². The number of para-hydroxylation sites is 2. The summed E-state index contributed by atoms with van der Waals surface area (Å²) in [4.78, 5) is 10.5. The molecule has 0 aliphatic carbocycles. The smallest absolute Gasteiger partial charge is 0.292 e. The van der Waals surface area contributed by atoms with Gasteiger partial charge in [-0.05, 0) is 13.0 Å². The van der Waals surface area contributed by atoms with Crippen LogP contribution in [0.1, 0.15) is 11.3 Å². The predicted molar refractivity (Wildman–Crippen MR) is 68.4 cm³/mol. The van der Waals surface area contributed by atoms with Crippen molar-refractivity contribution in [3.05, 3.63) is 51.8 Å². The summed E-state index contributed by atoms with van der Waals surface area (Å²) in [5.74, 6) is 0. The first-order chi connectivity index (χ1) is 8.58. The first-order valence-electron chi connectivity index (χ1n) is 5.54. The first-order valence-corrected chi connectivity index (χ1v) is 5.54. The molecule has 0 atom stereocenters. The molecule has 94 valence electrons. The standard InChI is InChI=1S/C12H14N4O2/c1-9-10(8-15(2)14-9)7-13-11-5-3-4-6-12(11)16(17)18/h3-6,8,13H,7H2,1-2H3. The van der Waals surface area contributed by atoms with E-state index < -0.39 is 4.92 Å². The lowest BCUT2D eigenvalue weighted by atomic mass is 10.2. The van der Waals surface area contributed by atoms with E-state index in [2.05, 4.69) is 10.4 Å². The topological polar surface area (TPSA) is 73.0 Å². The van der Waals surface area contributed by atoms with Crippen LogP contribution in [0.4, 0.5) is 11.4 Å². The Balaban J connectivity index is 2.15. The molecule has 0 amide bonds. The van der Waals surface area contributed by atoms with Crippen LogP contribution in [0.3, 0.4) is 0 Å². The Morgan fingerprint density at radius 3 is 2.78 bits per heavy atom. The highest BCUT2D eigenvalue weighted by molar-refractivity contribution is 5.61. The second-order valence-electron chi connectivity index (χ2n) is 4.04. The lowest BCUT2D eigenvalue weighted by molar-refractivity contribution is -0.384. The summed E-state index contributed by atoms with van der Waals surface area (Å²) < 4.78 is 1.73. The fraction of sp³-hybridized carbons (Fsp3) is 0.250. The molecule has 2 rings (SSSR count). The first kappa shape index (κ1) is 12.1. The van der Waals surface area contributed by atoms with Crippen LogP contribution in [0.15, 0.2) is 30.5 Å². The van der Waals surface area contributed by atoms with Gasteiger partial charge in [0.2, 0.25) is 0 Å². The van der Waals surface area contributed by atoms with E-state index in [0.29, 0.717) is 12.2 Å². The van der Waals surface area contributed by atoms with Crippen molar-refractivity contribution >= 4 is 11.4 Å². The Labute approximate surface area is 104 Å². The summed E-state index contributed by atoms with van der Waals surface area (Å²) in [5, 5.41) is 18.1. The maximum Gasteiger partial charge on any atom is 0.292 e. The van der Waals surface area contributed by atoms with Crippen LogP contribution in [0.5, 0.6) is 0 Å². The number of hydrogen-bond donors (Lipinski definition) is 1. The largest absolute Gasteiger partial charge is 0.375 e. The quantitative estimate of drug-likeness (QED) is 0.663. The maximum absolute atomic E-state index is 10.9. The number of hydrogen-bond acceptors (Lipinski definition) is 4. The second kappa shape index (κ2) is 4.87. The van der Waals surface area contributed by atoms with Gasteiger partial charge >= 0.3 is 0 Å². The highest BCUT2D eigenvalue weighted by Gasteiger charge is 2.12. The Bertz CT molecular complexity index is 577. The van der Waals surface area contributed by atoms with Crippen LogP contribution in [-0.4, -0.2) is 14.7 Å². The molecule has 6 nitrogen and oxygen atoms in total. The molecule has 2 aromatic rings.